The number of para-hydroxylation sites is 1. The Morgan fingerprint density at radius 3 is 2.85 bits per heavy atom. The third kappa shape index (κ3) is 4.55. The van der Waals surface area contributed by atoms with Crippen LogP contribution in [0.3, 0.4) is 0 Å². The molecule has 0 spiro atoms. The first-order chi connectivity index (χ1) is 16.2. The van der Waals surface area contributed by atoms with Gasteiger partial charge in [-0.3, -0.25) is 9.48 Å². The molecule has 1 amide bonds. The topological polar surface area (TPSA) is 91.2 Å². The first kappa shape index (κ1) is 20.7. The average molecular weight is 441 g/mol. The Morgan fingerprint density at radius 2 is 2.06 bits per heavy atom. The lowest BCUT2D eigenvalue weighted by atomic mass is 10.0. The number of benzene rings is 2. The summed E-state index contributed by atoms with van der Waals surface area (Å²) in [6, 6.07) is 19.1. The first-order valence-corrected chi connectivity index (χ1v) is 10.7. The highest BCUT2D eigenvalue weighted by Gasteiger charge is 2.26. The molecule has 3 heterocycles. The third-order valence-corrected chi connectivity index (χ3v) is 5.54. The van der Waals surface area contributed by atoms with Crippen molar-refractivity contribution >= 4 is 5.91 Å². The summed E-state index contributed by atoms with van der Waals surface area (Å²) in [5.41, 5.74) is 4.31. The molecular weight excluding hydrogens is 418 g/mol. The molecule has 4 aromatic rings. The third-order valence-electron chi connectivity index (χ3n) is 5.54. The van der Waals surface area contributed by atoms with Gasteiger partial charge in [-0.15, -0.1) is 10.2 Å². The monoisotopic (exact) mass is 441 g/mol. The molecule has 0 bridgehead atoms. The number of amides is 1. The van der Waals surface area contributed by atoms with Crippen molar-refractivity contribution in [2.24, 2.45) is 0 Å². The van der Waals surface area contributed by atoms with Crippen molar-refractivity contribution in [3.8, 4) is 22.9 Å². The molecule has 0 unspecified atom stereocenters. The number of ether oxygens (including phenoxy) is 2. The SMILES string of the molecule is COc1ccc(-c2cccc3c2O[C@H](CNC(=O)c2cccc(Cn4cccn4)c2)C3)nn1. The molecule has 8 heteroatoms. The molecule has 1 atom stereocenters. The van der Waals surface area contributed by atoms with Crippen LogP contribution in [0.1, 0.15) is 21.5 Å². The smallest absolute Gasteiger partial charge is 0.251 e. The second-order valence-electron chi connectivity index (χ2n) is 7.81. The summed E-state index contributed by atoms with van der Waals surface area (Å²) >= 11 is 0. The van der Waals surface area contributed by atoms with Gasteiger partial charge < -0.3 is 14.8 Å². The van der Waals surface area contributed by atoms with Gasteiger partial charge in [0.2, 0.25) is 5.88 Å². The largest absolute Gasteiger partial charge is 0.487 e. The lowest BCUT2D eigenvalue weighted by molar-refractivity contribution is 0.0933. The second kappa shape index (κ2) is 9.12. The minimum atomic E-state index is -0.149. The van der Waals surface area contributed by atoms with Crippen molar-refractivity contribution in [1.82, 2.24) is 25.3 Å². The fourth-order valence-corrected chi connectivity index (χ4v) is 3.93. The van der Waals surface area contributed by atoms with E-state index in [1.54, 1.807) is 19.4 Å². The zero-order valence-electron chi connectivity index (χ0n) is 18.1. The van der Waals surface area contributed by atoms with Crippen LogP contribution in [0.2, 0.25) is 0 Å². The van der Waals surface area contributed by atoms with Gasteiger partial charge in [0.1, 0.15) is 11.9 Å². The molecule has 5 rings (SSSR count). The van der Waals surface area contributed by atoms with Gasteiger partial charge in [0, 0.05) is 36.0 Å². The van der Waals surface area contributed by atoms with Crippen LogP contribution in [0.4, 0.5) is 0 Å². The van der Waals surface area contributed by atoms with Crippen LogP contribution in [0, 0.1) is 0 Å². The number of carbonyl (C=O) groups is 1. The van der Waals surface area contributed by atoms with E-state index in [4.69, 9.17) is 9.47 Å². The van der Waals surface area contributed by atoms with E-state index in [1.165, 1.54) is 0 Å². The van der Waals surface area contributed by atoms with Crippen LogP contribution in [0.25, 0.3) is 11.3 Å². The number of carbonyl (C=O) groups excluding carboxylic acids is 1. The van der Waals surface area contributed by atoms with E-state index >= 15 is 0 Å². The lowest BCUT2D eigenvalue weighted by Crippen LogP contribution is -2.34. The van der Waals surface area contributed by atoms with Crippen molar-refractivity contribution < 1.29 is 14.3 Å². The Balaban J connectivity index is 1.23. The number of nitrogens with zero attached hydrogens (tertiary/aromatic N) is 4. The van der Waals surface area contributed by atoms with Gasteiger partial charge in [-0.2, -0.15) is 5.10 Å². The minimum Gasteiger partial charge on any atom is -0.487 e. The molecule has 2 aromatic carbocycles. The van der Waals surface area contributed by atoms with E-state index in [0.717, 1.165) is 22.4 Å². The number of aromatic nitrogens is 4. The van der Waals surface area contributed by atoms with Crippen LogP contribution < -0.4 is 14.8 Å². The quantitative estimate of drug-likeness (QED) is 0.474. The van der Waals surface area contributed by atoms with E-state index in [-0.39, 0.29) is 12.0 Å². The molecule has 0 aliphatic carbocycles. The molecule has 1 aliphatic heterocycles. The molecule has 2 aromatic heterocycles. The van der Waals surface area contributed by atoms with Gasteiger partial charge in [0.25, 0.3) is 5.91 Å². The Labute approximate surface area is 191 Å². The summed E-state index contributed by atoms with van der Waals surface area (Å²) in [6.07, 6.45) is 4.20. The molecule has 33 heavy (non-hydrogen) atoms. The van der Waals surface area contributed by atoms with Gasteiger partial charge in [0.15, 0.2) is 0 Å². The van der Waals surface area contributed by atoms with Crippen molar-refractivity contribution in [3.63, 3.8) is 0 Å². The summed E-state index contributed by atoms with van der Waals surface area (Å²) < 4.78 is 13.1. The number of hydrogen-bond donors (Lipinski definition) is 1. The lowest BCUT2D eigenvalue weighted by Gasteiger charge is -2.14. The molecular formula is C25H23N5O3. The van der Waals surface area contributed by atoms with E-state index < -0.39 is 0 Å². The standard InChI is InChI=1S/C25H23N5O3/c1-32-23-10-9-22(28-29-23)21-8-3-6-18-14-20(33-24(18)21)15-26-25(31)19-7-2-5-17(13-19)16-30-12-4-11-27-30/h2-13,20H,14-16H2,1H3,(H,26,31)/t20-/m0/s1. The van der Waals surface area contributed by atoms with Crippen LogP contribution in [0.15, 0.2) is 73.1 Å². The summed E-state index contributed by atoms with van der Waals surface area (Å²) in [4.78, 5) is 12.8. The van der Waals surface area contributed by atoms with Gasteiger partial charge >= 0.3 is 0 Å². The van der Waals surface area contributed by atoms with Crippen LogP contribution in [-0.2, 0) is 13.0 Å². The number of nitrogens with one attached hydrogen (secondary N) is 1. The van der Waals surface area contributed by atoms with E-state index in [2.05, 4.69) is 20.6 Å². The van der Waals surface area contributed by atoms with Gasteiger partial charge in [-0.1, -0.05) is 24.3 Å². The predicted octanol–water partition coefficient (Wildman–Crippen LogP) is 3.13. The van der Waals surface area contributed by atoms with Crippen LogP contribution in [0.5, 0.6) is 11.6 Å². The summed E-state index contributed by atoms with van der Waals surface area (Å²) in [7, 11) is 1.56. The average Bonchev–Trinajstić information content (AvgIpc) is 3.52. The summed E-state index contributed by atoms with van der Waals surface area (Å²) in [6.45, 7) is 1.02. The maximum absolute atomic E-state index is 12.8. The van der Waals surface area contributed by atoms with Crippen molar-refractivity contribution in [2.75, 3.05) is 13.7 Å². The number of methoxy groups -OCH3 is 1. The maximum atomic E-state index is 12.8. The summed E-state index contributed by atoms with van der Waals surface area (Å²) in [5.74, 6) is 1.12. The van der Waals surface area contributed by atoms with Crippen molar-refractivity contribution in [2.45, 2.75) is 19.1 Å². The number of fused-ring (bicyclic) bond motifs is 1. The van der Waals surface area contributed by atoms with Gasteiger partial charge in [0.05, 0.1) is 25.9 Å². The fraction of sp³-hybridized carbons (Fsp3) is 0.200. The highest BCUT2D eigenvalue weighted by molar-refractivity contribution is 5.94. The molecule has 0 saturated heterocycles. The van der Waals surface area contributed by atoms with Gasteiger partial charge in [-0.25, -0.2) is 0 Å². The predicted molar refractivity (Wildman–Crippen MR) is 122 cm³/mol. The molecule has 0 fully saturated rings. The van der Waals surface area contributed by atoms with Crippen molar-refractivity contribution in [1.29, 1.82) is 0 Å². The highest BCUT2D eigenvalue weighted by atomic mass is 16.5. The number of hydrogen-bond acceptors (Lipinski definition) is 6. The fourth-order valence-electron chi connectivity index (χ4n) is 3.93. The van der Waals surface area contributed by atoms with Crippen LogP contribution in [-0.4, -0.2) is 45.6 Å². The van der Waals surface area contributed by atoms with E-state index in [9.17, 15) is 4.79 Å². The molecule has 8 nitrogen and oxygen atoms in total. The van der Waals surface area contributed by atoms with E-state index in [0.29, 0.717) is 36.6 Å². The Bertz CT molecular complexity index is 1260. The Kier molecular flexibility index (Phi) is 5.72. The zero-order valence-corrected chi connectivity index (χ0v) is 18.1. The molecule has 1 aliphatic rings. The minimum absolute atomic E-state index is 0.127. The second-order valence-corrected chi connectivity index (χ2v) is 7.81. The first-order valence-electron chi connectivity index (χ1n) is 10.7. The summed E-state index contributed by atoms with van der Waals surface area (Å²) in [5, 5.41) is 15.5. The van der Waals surface area contributed by atoms with Crippen molar-refractivity contribution in [3.05, 3.63) is 89.7 Å². The van der Waals surface area contributed by atoms with Crippen LogP contribution >= 0.6 is 0 Å². The van der Waals surface area contributed by atoms with E-state index in [1.807, 2.05) is 65.5 Å². The Hall–Kier alpha value is -4.20. The highest BCUT2D eigenvalue weighted by Crippen LogP contribution is 2.38. The Morgan fingerprint density at radius 1 is 1.15 bits per heavy atom. The number of rotatable bonds is 7. The molecule has 0 saturated carbocycles. The zero-order chi connectivity index (χ0) is 22.6. The normalized spacial score (nSPS) is 14.4. The maximum Gasteiger partial charge on any atom is 0.251 e. The molecule has 166 valence electrons. The molecule has 0 radical (unpaired) electrons. The molecule has 1 N–H and O–H groups in total. The van der Waals surface area contributed by atoms with Gasteiger partial charge in [-0.05, 0) is 41.5 Å².